The van der Waals surface area contributed by atoms with Gasteiger partial charge in [-0.25, -0.2) is 9.67 Å². The summed E-state index contributed by atoms with van der Waals surface area (Å²) < 4.78 is 7.25. The summed E-state index contributed by atoms with van der Waals surface area (Å²) in [4.78, 5) is 30.5. The van der Waals surface area contributed by atoms with Gasteiger partial charge < -0.3 is 9.72 Å². The zero-order valence-electron chi connectivity index (χ0n) is 15.0. The number of hydrogen-bond donors (Lipinski definition) is 1. The number of fused-ring (bicyclic) bond motifs is 1. The van der Waals surface area contributed by atoms with Crippen molar-refractivity contribution in [3.8, 4) is 17.1 Å². The van der Waals surface area contributed by atoms with Crippen LogP contribution in [-0.4, -0.2) is 31.3 Å². The monoisotopic (exact) mass is 357 g/mol. The number of benzene rings is 1. The summed E-state index contributed by atoms with van der Waals surface area (Å²) in [5.74, 6) is 0.649. The molecule has 1 N–H and O–H groups in total. The fraction of sp³-hybridized carbons (Fsp3) is 0.353. The minimum Gasteiger partial charge on any atom is -0.493 e. The van der Waals surface area contributed by atoms with E-state index in [1.165, 1.54) is 10.7 Å². The maximum Gasteiger partial charge on any atom is 0.273 e. The van der Waals surface area contributed by atoms with E-state index in [4.69, 9.17) is 4.74 Å². The highest BCUT2D eigenvalue weighted by molar-refractivity contribution is 5.80. The van der Waals surface area contributed by atoms with Crippen LogP contribution in [0.2, 0.25) is 0 Å². The Morgan fingerprint density at radius 3 is 2.73 bits per heavy atom. The number of nitrogens with zero attached hydrogens (tertiary/aromatic N) is 4. The Balaban J connectivity index is 2.29. The van der Waals surface area contributed by atoms with Gasteiger partial charge in [0.1, 0.15) is 17.0 Å². The number of H-pyrrole nitrogens is 1. The van der Waals surface area contributed by atoms with Gasteiger partial charge in [-0.05, 0) is 26.3 Å². The van der Waals surface area contributed by atoms with Gasteiger partial charge in [0.15, 0.2) is 5.65 Å². The largest absolute Gasteiger partial charge is 0.493 e. The Bertz CT molecular complexity index is 1070. The molecule has 0 atom stereocenters. The molecule has 136 valence electrons. The second kappa shape index (κ2) is 6.58. The molecule has 0 fully saturated rings. The molecule has 26 heavy (non-hydrogen) atoms. The van der Waals surface area contributed by atoms with Crippen LogP contribution >= 0.6 is 0 Å². The standard InChI is InChI=1S/C17H19N5O4/c1-5-6-26-13-7-9(2)12(22(24)25)8-11(13)15-18-16-14(17(23)19-15)10(3)20-21(16)4/h7-8H,5-6H2,1-4H3,(H,18,19,23). The van der Waals surface area contributed by atoms with Crippen molar-refractivity contribution in [2.24, 2.45) is 7.05 Å². The summed E-state index contributed by atoms with van der Waals surface area (Å²) in [5.41, 5.74) is 1.41. The second-order valence-electron chi connectivity index (χ2n) is 6.06. The fourth-order valence-electron chi connectivity index (χ4n) is 2.85. The zero-order chi connectivity index (χ0) is 19.0. The van der Waals surface area contributed by atoms with E-state index in [1.54, 1.807) is 27.0 Å². The van der Waals surface area contributed by atoms with Gasteiger partial charge in [0.25, 0.3) is 11.2 Å². The van der Waals surface area contributed by atoms with Crippen LogP contribution in [0.5, 0.6) is 5.75 Å². The summed E-state index contributed by atoms with van der Waals surface area (Å²) in [6.07, 6.45) is 0.777. The molecule has 2 heterocycles. The van der Waals surface area contributed by atoms with Gasteiger partial charge in [0.2, 0.25) is 0 Å². The van der Waals surface area contributed by atoms with Crippen molar-refractivity contribution in [2.75, 3.05) is 6.61 Å². The van der Waals surface area contributed by atoms with Crippen molar-refractivity contribution < 1.29 is 9.66 Å². The molecular weight excluding hydrogens is 338 g/mol. The average Bonchev–Trinajstić information content (AvgIpc) is 2.87. The van der Waals surface area contributed by atoms with E-state index in [-0.39, 0.29) is 17.1 Å². The summed E-state index contributed by atoms with van der Waals surface area (Å²) in [5, 5.41) is 15.9. The molecule has 9 heteroatoms. The van der Waals surface area contributed by atoms with Crippen LogP contribution in [0, 0.1) is 24.0 Å². The van der Waals surface area contributed by atoms with Crippen LogP contribution in [0.25, 0.3) is 22.4 Å². The van der Waals surface area contributed by atoms with E-state index in [9.17, 15) is 14.9 Å². The van der Waals surface area contributed by atoms with E-state index in [1.807, 2.05) is 6.92 Å². The first kappa shape index (κ1) is 17.6. The molecule has 0 aliphatic heterocycles. The molecule has 0 saturated carbocycles. The van der Waals surface area contributed by atoms with E-state index in [0.29, 0.717) is 40.2 Å². The number of nitrogens with one attached hydrogen (secondary N) is 1. The lowest BCUT2D eigenvalue weighted by molar-refractivity contribution is -0.385. The van der Waals surface area contributed by atoms with Gasteiger partial charge in [0, 0.05) is 18.7 Å². The van der Waals surface area contributed by atoms with Crippen molar-refractivity contribution in [3.63, 3.8) is 0 Å². The Labute approximate surface area is 148 Å². The molecule has 3 aromatic rings. The number of aryl methyl sites for hydroxylation is 3. The lowest BCUT2D eigenvalue weighted by Gasteiger charge is -2.12. The third kappa shape index (κ3) is 2.92. The van der Waals surface area contributed by atoms with Gasteiger partial charge in [-0.3, -0.25) is 14.9 Å². The Hall–Kier alpha value is -3.23. The van der Waals surface area contributed by atoms with Crippen molar-refractivity contribution in [2.45, 2.75) is 27.2 Å². The number of nitro groups is 1. The van der Waals surface area contributed by atoms with Crippen LogP contribution in [0.15, 0.2) is 16.9 Å². The number of aromatic nitrogens is 4. The highest BCUT2D eigenvalue weighted by Crippen LogP contribution is 2.34. The van der Waals surface area contributed by atoms with E-state index < -0.39 is 4.92 Å². The number of aromatic amines is 1. The SMILES string of the molecule is CCCOc1cc(C)c([N+](=O)[O-])cc1-c1nc2c(c(C)nn2C)c(=O)[nH]1. The fourth-order valence-corrected chi connectivity index (χ4v) is 2.85. The lowest BCUT2D eigenvalue weighted by Crippen LogP contribution is -2.11. The van der Waals surface area contributed by atoms with Gasteiger partial charge in [-0.2, -0.15) is 5.10 Å². The van der Waals surface area contributed by atoms with Crippen LogP contribution in [0.4, 0.5) is 5.69 Å². The first-order valence-electron chi connectivity index (χ1n) is 8.19. The van der Waals surface area contributed by atoms with E-state index in [2.05, 4.69) is 15.1 Å². The third-order valence-corrected chi connectivity index (χ3v) is 4.08. The highest BCUT2D eigenvalue weighted by Gasteiger charge is 2.21. The smallest absolute Gasteiger partial charge is 0.273 e. The molecule has 0 amide bonds. The molecule has 0 bridgehead atoms. The summed E-state index contributed by atoms with van der Waals surface area (Å²) >= 11 is 0. The molecule has 0 radical (unpaired) electrons. The molecule has 0 aliphatic rings. The van der Waals surface area contributed by atoms with Crippen molar-refractivity contribution in [1.82, 2.24) is 19.7 Å². The van der Waals surface area contributed by atoms with Crippen molar-refractivity contribution in [3.05, 3.63) is 43.9 Å². The van der Waals surface area contributed by atoms with Crippen molar-refractivity contribution >= 4 is 16.7 Å². The minimum absolute atomic E-state index is 0.0622. The summed E-state index contributed by atoms with van der Waals surface area (Å²) in [7, 11) is 1.69. The lowest BCUT2D eigenvalue weighted by atomic mass is 10.1. The maximum absolute atomic E-state index is 12.5. The van der Waals surface area contributed by atoms with Gasteiger partial charge in [-0.1, -0.05) is 6.92 Å². The van der Waals surface area contributed by atoms with Crippen LogP contribution in [-0.2, 0) is 7.05 Å². The molecule has 1 aromatic carbocycles. The summed E-state index contributed by atoms with van der Waals surface area (Å²) in [6, 6.07) is 2.98. The van der Waals surface area contributed by atoms with Gasteiger partial charge >= 0.3 is 0 Å². The molecule has 0 aliphatic carbocycles. The first-order chi connectivity index (χ1) is 12.3. The van der Waals surface area contributed by atoms with Gasteiger partial charge in [0.05, 0.1) is 22.8 Å². The van der Waals surface area contributed by atoms with Crippen LogP contribution in [0.3, 0.4) is 0 Å². The number of nitro benzene ring substituents is 1. The van der Waals surface area contributed by atoms with Crippen LogP contribution in [0.1, 0.15) is 24.6 Å². The molecule has 0 spiro atoms. The predicted molar refractivity (Wildman–Crippen MR) is 96.5 cm³/mol. The molecule has 0 unspecified atom stereocenters. The Morgan fingerprint density at radius 2 is 2.08 bits per heavy atom. The molecule has 3 rings (SSSR count). The van der Waals surface area contributed by atoms with Gasteiger partial charge in [-0.15, -0.1) is 0 Å². The average molecular weight is 357 g/mol. The summed E-state index contributed by atoms with van der Waals surface area (Å²) in [6.45, 7) is 5.78. The Morgan fingerprint density at radius 1 is 1.35 bits per heavy atom. The molecule has 0 saturated heterocycles. The van der Waals surface area contributed by atoms with Crippen LogP contribution < -0.4 is 10.3 Å². The van der Waals surface area contributed by atoms with Crippen molar-refractivity contribution in [1.29, 1.82) is 0 Å². The molecule has 9 nitrogen and oxygen atoms in total. The Kier molecular flexibility index (Phi) is 4.45. The highest BCUT2D eigenvalue weighted by atomic mass is 16.6. The number of rotatable bonds is 5. The predicted octanol–water partition coefficient (Wildman–Crippen LogP) is 2.64. The minimum atomic E-state index is -0.465. The zero-order valence-corrected chi connectivity index (χ0v) is 15.0. The third-order valence-electron chi connectivity index (χ3n) is 4.08. The molecule has 2 aromatic heterocycles. The number of ether oxygens (including phenoxy) is 1. The van der Waals surface area contributed by atoms with E-state index in [0.717, 1.165) is 6.42 Å². The second-order valence-corrected chi connectivity index (χ2v) is 6.06. The normalized spacial score (nSPS) is 11.1. The first-order valence-corrected chi connectivity index (χ1v) is 8.19. The molecular formula is C17H19N5O4. The maximum atomic E-state index is 12.5. The van der Waals surface area contributed by atoms with E-state index >= 15 is 0 Å². The quantitative estimate of drug-likeness (QED) is 0.554. The number of hydrogen-bond acceptors (Lipinski definition) is 6. The topological polar surface area (TPSA) is 116 Å².